The highest BCUT2D eigenvalue weighted by molar-refractivity contribution is 7.71. The number of hydrogen-bond donors (Lipinski definition) is 1. The number of aromatic amines is 1. The van der Waals surface area contributed by atoms with Crippen LogP contribution in [0.15, 0.2) is 60.7 Å². The molecule has 3 aromatic carbocycles. The molecule has 0 atom stereocenters. The minimum absolute atomic E-state index is 0.634. The maximum atomic E-state index is 5.50. The van der Waals surface area contributed by atoms with Gasteiger partial charge in [0.05, 0.1) is 5.52 Å². The minimum Gasteiger partial charge on any atom is -0.339 e. The number of fused-ring (bicyclic) bond motifs is 3. The second-order valence-electron chi connectivity index (χ2n) is 5.47. The fourth-order valence-electron chi connectivity index (χ4n) is 2.74. The Balaban J connectivity index is 2.08. The van der Waals surface area contributed by atoms with E-state index in [1.807, 2.05) is 18.2 Å². The molecular formula is C19H14N2S. The van der Waals surface area contributed by atoms with Crippen molar-refractivity contribution in [2.24, 2.45) is 0 Å². The SMILES string of the molecule is Cc1ccc(-c2nc(=S)c3ccc4ccccc4c3[nH]2)cc1. The van der Waals surface area contributed by atoms with Crippen LogP contribution in [0.3, 0.4) is 0 Å². The molecular weight excluding hydrogens is 288 g/mol. The lowest BCUT2D eigenvalue weighted by atomic mass is 10.1. The highest BCUT2D eigenvalue weighted by Crippen LogP contribution is 2.26. The Morgan fingerprint density at radius 1 is 0.864 bits per heavy atom. The highest BCUT2D eigenvalue weighted by Gasteiger charge is 2.06. The molecule has 106 valence electrons. The van der Waals surface area contributed by atoms with Crippen LogP contribution in [0.4, 0.5) is 0 Å². The van der Waals surface area contributed by atoms with Gasteiger partial charge < -0.3 is 4.98 Å². The van der Waals surface area contributed by atoms with Gasteiger partial charge in [0.25, 0.3) is 0 Å². The van der Waals surface area contributed by atoms with Crippen LogP contribution < -0.4 is 0 Å². The maximum Gasteiger partial charge on any atom is 0.139 e. The molecule has 0 unspecified atom stereocenters. The van der Waals surface area contributed by atoms with Crippen molar-refractivity contribution >= 4 is 33.9 Å². The molecule has 0 aliphatic heterocycles. The second-order valence-corrected chi connectivity index (χ2v) is 5.85. The lowest BCUT2D eigenvalue weighted by Crippen LogP contribution is -1.92. The van der Waals surface area contributed by atoms with Crippen LogP contribution in [0.1, 0.15) is 5.56 Å². The predicted molar refractivity (Wildman–Crippen MR) is 94.6 cm³/mol. The van der Waals surface area contributed by atoms with Gasteiger partial charge in [0, 0.05) is 16.3 Å². The minimum atomic E-state index is 0.634. The zero-order valence-electron chi connectivity index (χ0n) is 12.1. The molecule has 0 fully saturated rings. The van der Waals surface area contributed by atoms with E-state index in [1.165, 1.54) is 16.3 Å². The van der Waals surface area contributed by atoms with Crippen LogP contribution in [-0.2, 0) is 0 Å². The summed E-state index contributed by atoms with van der Waals surface area (Å²) < 4.78 is 0.634. The quantitative estimate of drug-likeness (QED) is 0.375. The lowest BCUT2D eigenvalue weighted by molar-refractivity contribution is 1.21. The van der Waals surface area contributed by atoms with E-state index in [9.17, 15) is 0 Å². The molecule has 4 rings (SSSR count). The van der Waals surface area contributed by atoms with Gasteiger partial charge in [-0.2, -0.15) is 0 Å². The number of benzene rings is 3. The molecule has 0 aliphatic rings. The number of nitrogens with zero attached hydrogens (tertiary/aromatic N) is 1. The molecule has 1 N–H and O–H groups in total. The zero-order valence-corrected chi connectivity index (χ0v) is 12.9. The lowest BCUT2D eigenvalue weighted by Gasteiger charge is -2.08. The zero-order chi connectivity index (χ0) is 15.1. The van der Waals surface area contributed by atoms with Crippen LogP contribution in [0.2, 0.25) is 0 Å². The van der Waals surface area contributed by atoms with E-state index in [0.29, 0.717) is 4.64 Å². The van der Waals surface area contributed by atoms with E-state index < -0.39 is 0 Å². The van der Waals surface area contributed by atoms with Gasteiger partial charge in [0.15, 0.2) is 0 Å². The first-order valence-corrected chi connectivity index (χ1v) is 7.62. The molecule has 1 heterocycles. The van der Waals surface area contributed by atoms with Gasteiger partial charge in [-0.05, 0) is 18.4 Å². The van der Waals surface area contributed by atoms with Crippen molar-refractivity contribution in [1.82, 2.24) is 9.97 Å². The molecule has 0 amide bonds. The van der Waals surface area contributed by atoms with Gasteiger partial charge in [0.2, 0.25) is 0 Å². The van der Waals surface area contributed by atoms with Gasteiger partial charge in [-0.3, -0.25) is 0 Å². The van der Waals surface area contributed by atoms with Gasteiger partial charge >= 0.3 is 0 Å². The number of rotatable bonds is 1. The molecule has 0 spiro atoms. The standard InChI is InChI=1S/C19H14N2S/c1-12-6-8-14(9-7-12)18-20-17-15-5-3-2-4-13(15)10-11-16(17)19(22)21-18/h2-11H,1H3,(H,20,21,22). The number of aryl methyl sites for hydroxylation is 1. The van der Waals surface area contributed by atoms with E-state index in [4.69, 9.17) is 12.2 Å². The third kappa shape index (κ3) is 2.11. The van der Waals surface area contributed by atoms with Crippen molar-refractivity contribution in [3.63, 3.8) is 0 Å². The second kappa shape index (κ2) is 5.04. The Labute approximate surface area is 133 Å². The smallest absolute Gasteiger partial charge is 0.139 e. The van der Waals surface area contributed by atoms with Crippen molar-refractivity contribution in [2.75, 3.05) is 0 Å². The van der Waals surface area contributed by atoms with E-state index in [-0.39, 0.29) is 0 Å². The van der Waals surface area contributed by atoms with Crippen molar-refractivity contribution in [1.29, 1.82) is 0 Å². The summed E-state index contributed by atoms with van der Waals surface area (Å²) in [5, 5.41) is 3.35. The molecule has 0 radical (unpaired) electrons. The molecule has 4 aromatic rings. The average molecular weight is 302 g/mol. The first kappa shape index (κ1) is 13.2. The fourth-order valence-corrected chi connectivity index (χ4v) is 3.00. The molecule has 0 bridgehead atoms. The highest BCUT2D eigenvalue weighted by atomic mass is 32.1. The van der Waals surface area contributed by atoms with Gasteiger partial charge in [-0.1, -0.05) is 72.4 Å². The van der Waals surface area contributed by atoms with E-state index in [0.717, 1.165) is 22.3 Å². The van der Waals surface area contributed by atoms with E-state index in [1.54, 1.807) is 0 Å². The van der Waals surface area contributed by atoms with Gasteiger partial charge in [-0.15, -0.1) is 0 Å². The summed E-state index contributed by atoms with van der Waals surface area (Å²) in [7, 11) is 0. The predicted octanol–water partition coefficient (Wildman–Crippen LogP) is 5.42. The summed E-state index contributed by atoms with van der Waals surface area (Å²) in [5.41, 5.74) is 3.33. The third-order valence-corrected chi connectivity index (χ3v) is 4.25. The first-order valence-electron chi connectivity index (χ1n) is 7.21. The normalized spacial score (nSPS) is 11.1. The van der Waals surface area contributed by atoms with E-state index in [2.05, 4.69) is 59.4 Å². The molecule has 0 aliphatic carbocycles. The van der Waals surface area contributed by atoms with Crippen molar-refractivity contribution in [3.05, 3.63) is 70.9 Å². The molecule has 2 nitrogen and oxygen atoms in total. The summed E-state index contributed by atoms with van der Waals surface area (Å²) in [4.78, 5) is 8.04. The van der Waals surface area contributed by atoms with Crippen LogP contribution in [0, 0.1) is 11.6 Å². The van der Waals surface area contributed by atoms with Crippen molar-refractivity contribution < 1.29 is 0 Å². The molecule has 0 saturated heterocycles. The third-order valence-electron chi connectivity index (χ3n) is 3.94. The maximum absolute atomic E-state index is 5.50. The summed E-state index contributed by atoms with van der Waals surface area (Å²) in [6.45, 7) is 2.08. The molecule has 3 heteroatoms. The number of hydrogen-bond acceptors (Lipinski definition) is 2. The number of H-pyrrole nitrogens is 1. The Morgan fingerprint density at radius 2 is 1.64 bits per heavy atom. The first-order chi connectivity index (χ1) is 10.7. The summed E-state index contributed by atoms with van der Waals surface area (Å²) >= 11 is 5.50. The Morgan fingerprint density at radius 3 is 2.45 bits per heavy atom. The van der Waals surface area contributed by atoms with Crippen LogP contribution in [-0.4, -0.2) is 9.97 Å². The molecule has 1 aromatic heterocycles. The summed E-state index contributed by atoms with van der Waals surface area (Å²) in [6.07, 6.45) is 0. The van der Waals surface area contributed by atoms with E-state index >= 15 is 0 Å². The fraction of sp³-hybridized carbons (Fsp3) is 0.0526. The summed E-state index contributed by atoms with van der Waals surface area (Å²) in [6, 6.07) is 20.8. The summed E-state index contributed by atoms with van der Waals surface area (Å²) in [5.74, 6) is 0.814. The molecule has 0 saturated carbocycles. The number of aromatic nitrogens is 2. The van der Waals surface area contributed by atoms with Crippen molar-refractivity contribution in [3.8, 4) is 11.4 Å². The van der Waals surface area contributed by atoms with Crippen LogP contribution in [0.5, 0.6) is 0 Å². The van der Waals surface area contributed by atoms with Crippen LogP contribution in [0.25, 0.3) is 33.1 Å². The Bertz CT molecular complexity index is 1050. The number of nitrogens with one attached hydrogen (secondary N) is 1. The van der Waals surface area contributed by atoms with Gasteiger partial charge in [-0.25, -0.2) is 4.98 Å². The van der Waals surface area contributed by atoms with Gasteiger partial charge in [0.1, 0.15) is 10.5 Å². The topological polar surface area (TPSA) is 28.7 Å². The van der Waals surface area contributed by atoms with Crippen molar-refractivity contribution in [2.45, 2.75) is 6.92 Å². The largest absolute Gasteiger partial charge is 0.339 e. The molecule has 22 heavy (non-hydrogen) atoms. The Hall–Kier alpha value is -2.52. The average Bonchev–Trinajstić information content (AvgIpc) is 2.55. The monoisotopic (exact) mass is 302 g/mol. The Kier molecular flexibility index (Phi) is 3.01. The van der Waals surface area contributed by atoms with Crippen LogP contribution >= 0.6 is 12.2 Å².